The number of piperazine rings is 1. The number of hydrogen-bond donors (Lipinski definition) is 1. The molecule has 1 fully saturated rings. The Morgan fingerprint density at radius 3 is 2.19 bits per heavy atom. The Labute approximate surface area is 108 Å². The fourth-order valence-corrected chi connectivity index (χ4v) is 2.17. The first-order valence-corrected chi connectivity index (χ1v) is 6.23. The normalized spacial score (nSPS) is 16.3. The van der Waals surface area contributed by atoms with E-state index in [0.717, 1.165) is 13.1 Å². The van der Waals surface area contributed by atoms with Crippen molar-refractivity contribution in [3.8, 4) is 0 Å². The van der Waals surface area contributed by atoms with Gasteiger partial charge in [-0.3, -0.25) is 0 Å². The molecule has 86 valence electrons. The third-order valence-corrected chi connectivity index (χ3v) is 3.46. The van der Waals surface area contributed by atoms with E-state index in [9.17, 15) is 4.79 Å². The number of halogens is 1. The Bertz CT molecular complexity index is 372. The summed E-state index contributed by atoms with van der Waals surface area (Å²) in [7, 11) is 0. The molecule has 0 atom stereocenters. The van der Waals surface area contributed by atoms with Gasteiger partial charge in [-0.2, -0.15) is 0 Å². The van der Waals surface area contributed by atoms with Gasteiger partial charge < -0.3 is 14.9 Å². The summed E-state index contributed by atoms with van der Waals surface area (Å²) in [6.45, 7) is 2.71. The summed E-state index contributed by atoms with van der Waals surface area (Å²) in [5.74, 6) is 0. The fraction of sp³-hybridized carbons (Fsp3) is 0.364. The maximum absolute atomic E-state index is 10.7. The third kappa shape index (κ3) is 2.58. The maximum atomic E-state index is 10.7. The molecule has 0 radical (unpaired) electrons. The van der Waals surface area contributed by atoms with Crippen molar-refractivity contribution in [2.24, 2.45) is 0 Å². The van der Waals surface area contributed by atoms with Crippen molar-refractivity contribution >= 4 is 34.4 Å². The van der Waals surface area contributed by atoms with Gasteiger partial charge in [-0.15, -0.1) is 0 Å². The minimum Gasteiger partial charge on any atom is -0.465 e. The number of hydrogen-bond acceptors (Lipinski definition) is 2. The monoisotopic (exact) mass is 332 g/mol. The van der Waals surface area contributed by atoms with Crippen LogP contribution in [-0.2, 0) is 0 Å². The number of carbonyl (C=O) groups is 1. The molecule has 4 nitrogen and oxygen atoms in total. The number of benzene rings is 1. The Morgan fingerprint density at radius 2 is 1.69 bits per heavy atom. The lowest BCUT2D eigenvalue weighted by Gasteiger charge is -2.34. The molecule has 0 unspecified atom stereocenters. The van der Waals surface area contributed by atoms with Crippen molar-refractivity contribution in [1.29, 1.82) is 0 Å². The largest absolute Gasteiger partial charge is 0.465 e. The maximum Gasteiger partial charge on any atom is 0.407 e. The zero-order valence-electron chi connectivity index (χ0n) is 8.77. The van der Waals surface area contributed by atoms with Crippen LogP contribution in [0.1, 0.15) is 0 Å². The van der Waals surface area contributed by atoms with E-state index in [1.54, 1.807) is 0 Å². The van der Waals surface area contributed by atoms with E-state index in [4.69, 9.17) is 5.11 Å². The van der Waals surface area contributed by atoms with E-state index in [0.29, 0.717) is 13.1 Å². The highest BCUT2D eigenvalue weighted by Gasteiger charge is 2.20. The topological polar surface area (TPSA) is 43.8 Å². The molecule has 1 aliphatic heterocycles. The Kier molecular flexibility index (Phi) is 3.52. The van der Waals surface area contributed by atoms with Crippen LogP contribution in [0.5, 0.6) is 0 Å². The molecule has 1 aromatic carbocycles. The summed E-state index contributed by atoms with van der Waals surface area (Å²) < 4.78 is 1.21. The van der Waals surface area contributed by atoms with Crippen molar-refractivity contribution in [3.05, 3.63) is 27.8 Å². The first-order valence-electron chi connectivity index (χ1n) is 5.15. The van der Waals surface area contributed by atoms with E-state index in [1.807, 2.05) is 0 Å². The van der Waals surface area contributed by atoms with Crippen LogP contribution in [-0.4, -0.2) is 42.3 Å². The molecular weight excluding hydrogens is 319 g/mol. The number of anilines is 1. The van der Waals surface area contributed by atoms with Crippen LogP contribution in [0.3, 0.4) is 0 Å². The Hall–Kier alpha value is -0.980. The fourth-order valence-electron chi connectivity index (χ4n) is 1.81. The molecule has 1 aliphatic rings. The van der Waals surface area contributed by atoms with E-state index >= 15 is 0 Å². The van der Waals surface area contributed by atoms with Gasteiger partial charge in [0.05, 0.1) is 0 Å². The molecule has 1 N–H and O–H groups in total. The molecule has 2 rings (SSSR count). The average molecular weight is 332 g/mol. The quantitative estimate of drug-likeness (QED) is 0.801. The predicted octanol–water partition coefficient (Wildman–Crippen LogP) is 2.09. The number of nitrogens with zero attached hydrogens (tertiary/aromatic N) is 2. The molecule has 0 saturated carbocycles. The van der Waals surface area contributed by atoms with E-state index in [1.165, 1.54) is 14.2 Å². The van der Waals surface area contributed by atoms with Crippen LogP contribution >= 0.6 is 22.6 Å². The van der Waals surface area contributed by atoms with Crippen LogP contribution in [0.25, 0.3) is 0 Å². The summed E-state index contributed by atoms with van der Waals surface area (Å²) in [4.78, 5) is 14.4. The second kappa shape index (κ2) is 4.90. The van der Waals surface area contributed by atoms with Gasteiger partial charge in [-0.1, -0.05) is 0 Å². The summed E-state index contributed by atoms with van der Waals surface area (Å²) in [6.07, 6.45) is -0.817. The van der Waals surface area contributed by atoms with Gasteiger partial charge in [0.25, 0.3) is 0 Å². The SMILES string of the molecule is O=C(O)N1CCN(c2ccc(I)cc2)CC1. The molecule has 0 spiro atoms. The molecular formula is C11H13IN2O2. The van der Waals surface area contributed by atoms with E-state index < -0.39 is 6.09 Å². The number of carboxylic acid groups (broad SMARTS) is 1. The minimum absolute atomic E-state index is 0.585. The molecule has 1 heterocycles. The van der Waals surface area contributed by atoms with Crippen molar-refractivity contribution in [2.75, 3.05) is 31.1 Å². The number of amides is 1. The van der Waals surface area contributed by atoms with Crippen LogP contribution in [0.2, 0.25) is 0 Å². The van der Waals surface area contributed by atoms with Gasteiger partial charge in [0.1, 0.15) is 0 Å². The van der Waals surface area contributed by atoms with Crippen LogP contribution in [0.15, 0.2) is 24.3 Å². The van der Waals surface area contributed by atoms with Crippen LogP contribution in [0, 0.1) is 3.57 Å². The Balaban J connectivity index is 1.99. The predicted molar refractivity (Wildman–Crippen MR) is 71.0 cm³/mol. The van der Waals surface area contributed by atoms with Gasteiger partial charge in [0, 0.05) is 35.4 Å². The molecule has 1 saturated heterocycles. The van der Waals surface area contributed by atoms with Gasteiger partial charge in [-0.25, -0.2) is 4.79 Å². The summed E-state index contributed by atoms with van der Waals surface area (Å²) in [5.41, 5.74) is 1.17. The minimum atomic E-state index is -0.817. The number of rotatable bonds is 1. The molecule has 16 heavy (non-hydrogen) atoms. The highest BCUT2D eigenvalue weighted by molar-refractivity contribution is 14.1. The van der Waals surface area contributed by atoms with Crippen molar-refractivity contribution in [3.63, 3.8) is 0 Å². The average Bonchev–Trinajstić information content (AvgIpc) is 2.30. The van der Waals surface area contributed by atoms with Crippen LogP contribution in [0.4, 0.5) is 10.5 Å². The van der Waals surface area contributed by atoms with E-state index in [2.05, 4.69) is 51.8 Å². The van der Waals surface area contributed by atoms with Gasteiger partial charge >= 0.3 is 6.09 Å². The molecule has 0 aromatic heterocycles. The second-order valence-corrected chi connectivity index (χ2v) is 4.98. The smallest absolute Gasteiger partial charge is 0.407 e. The first kappa shape index (κ1) is 11.5. The third-order valence-electron chi connectivity index (χ3n) is 2.74. The van der Waals surface area contributed by atoms with Crippen molar-refractivity contribution in [2.45, 2.75) is 0 Å². The Morgan fingerprint density at radius 1 is 1.12 bits per heavy atom. The molecule has 5 heteroatoms. The van der Waals surface area contributed by atoms with Gasteiger partial charge in [0.2, 0.25) is 0 Å². The molecule has 0 aliphatic carbocycles. The van der Waals surface area contributed by atoms with Crippen molar-refractivity contribution in [1.82, 2.24) is 4.90 Å². The lowest BCUT2D eigenvalue weighted by atomic mass is 10.2. The lowest BCUT2D eigenvalue weighted by molar-refractivity contribution is 0.142. The molecule has 1 amide bonds. The van der Waals surface area contributed by atoms with Gasteiger partial charge in [-0.05, 0) is 46.9 Å². The van der Waals surface area contributed by atoms with Crippen LogP contribution < -0.4 is 4.90 Å². The van der Waals surface area contributed by atoms with Crippen molar-refractivity contribution < 1.29 is 9.90 Å². The zero-order chi connectivity index (χ0) is 11.5. The highest BCUT2D eigenvalue weighted by Crippen LogP contribution is 2.18. The molecule has 0 bridgehead atoms. The molecule has 1 aromatic rings. The lowest BCUT2D eigenvalue weighted by Crippen LogP contribution is -2.48. The van der Waals surface area contributed by atoms with E-state index in [-0.39, 0.29) is 0 Å². The first-order chi connectivity index (χ1) is 7.66. The standard InChI is InChI=1S/C11H13IN2O2/c12-9-1-3-10(4-2-9)13-5-7-14(8-6-13)11(15)16/h1-4H,5-8H2,(H,15,16). The zero-order valence-corrected chi connectivity index (χ0v) is 10.9. The summed E-state index contributed by atoms with van der Waals surface area (Å²) in [5, 5.41) is 8.84. The summed E-state index contributed by atoms with van der Waals surface area (Å²) in [6, 6.07) is 8.30. The van der Waals surface area contributed by atoms with Gasteiger partial charge in [0.15, 0.2) is 0 Å². The second-order valence-electron chi connectivity index (χ2n) is 3.73. The highest BCUT2D eigenvalue weighted by atomic mass is 127. The summed E-state index contributed by atoms with van der Waals surface area (Å²) >= 11 is 2.27.